The lowest BCUT2D eigenvalue weighted by molar-refractivity contribution is -0.744. The number of para-hydroxylation sites is 7. The SMILES string of the molecule is CC.CC.CC.CC.CC.CC.CC.CC.CC.CC.CC.CC.CC.CC.Cc1cccc2c1N1C(=CN(C)[C@@H]1C)c1ccccc1-2.Cc1cccc2c3ccccc3c3cc[n+](C)n3c12.Cc1cccc2c3ccccc3n(-c3cccc[n+]3C)c12.Cc1ccccc1-n1c2ccccc2c2ccc[n+](C)c21.Cc1ccccc1-n1ccc[n+]1C. The van der Waals surface area contributed by atoms with Crippen molar-refractivity contribution in [3.05, 3.63) is 313 Å². The number of pyridine rings is 3. The molecule has 1 atom stereocenters. The molecule has 7 aromatic heterocycles. The first kappa shape index (κ1) is 111. The highest BCUT2D eigenvalue weighted by Crippen LogP contribution is 2.49. The number of aromatic nitrogens is 8. The lowest BCUT2D eigenvalue weighted by atomic mass is 9.90. The third kappa shape index (κ3) is 25.9. The quantitative estimate of drug-likeness (QED) is 0.131. The maximum absolute atomic E-state index is 2.47. The van der Waals surface area contributed by atoms with E-state index < -0.39 is 0 Å². The van der Waals surface area contributed by atoms with Gasteiger partial charge < -0.3 is 9.80 Å². The van der Waals surface area contributed by atoms with Gasteiger partial charge in [0.25, 0.3) is 11.5 Å². The molecule has 0 fully saturated rings. The molecule has 658 valence electrons. The molecule has 0 radical (unpaired) electrons. The smallest absolute Gasteiger partial charge is 0.294 e. The molecular formula is C112H164N10+4. The third-order valence-electron chi connectivity index (χ3n) is 19.0. The molecule has 18 rings (SSSR count). The van der Waals surface area contributed by atoms with Gasteiger partial charge in [0.05, 0.1) is 49.5 Å². The Morgan fingerprint density at radius 3 is 1.20 bits per heavy atom. The maximum Gasteiger partial charge on any atom is 0.294 e. The molecule has 10 nitrogen and oxygen atoms in total. The first-order valence-electron chi connectivity index (χ1n) is 46.5. The maximum atomic E-state index is 2.47. The van der Waals surface area contributed by atoms with Crippen molar-refractivity contribution in [1.29, 1.82) is 0 Å². The van der Waals surface area contributed by atoms with Gasteiger partial charge in [-0.05, 0) is 141 Å². The molecule has 122 heavy (non-hydrogen) atoms. The van der Waals surface area contributed by atoms with Gasteiger partial charge in [-0.2, -0.15) is 9.13 Å². The Morgan fingerprint density at radius 2 is 0.672 bits per heavy atom. The van der Waals surface area contributed by atoms with E-state index in [0.717, 1.165) is 0 Å². The molecule has 0 amide bonds. The van der Waals surface area contributed by atoms with Crippen LogP contribution in [0.4, 0.5) is 5.69 Å². The van der Waals surface area contributed by atoms with Crippen molar-refractivity contribution in [2.45, 2.75) is 242 Å². The number of anilines is 1. The third-order valence-corrected chi connectivity index (χ3v) is 19.0. The van der Waals surface area contributed by atoms with Crippen molar-refractivity contribution < 1.29 is 18.5 Å². The summed E-state index contributed by atoms with van der Waals surface area (Å²) in [6.07, 6.45) is 13.0. The van der Waals surface area contributed by atoms with E-state index in [4.69, 9.17) is 0 Å². The number of rotatable bonds is 3. The van der Waals surface area contributed by atoms with Crippen molar-refractivity contribution in [3.63, 3.8) is 0 Å². The second-order valence-electron chi connectivity index (χ2n) is 25.0. The van der Waals surface area contributed by atoms with E-state index in [-0.39, 0.29) is 0 Å². The summed E-state index contributed by atoms with van der Waals surface area (Å²) in [6, 6.07) is 86.0. The predicted molar refractivity (Wildman–Crippen MR) is 547 cm³/mol. The second kappa shape index (κ2) is 61.0. The molecule has 9 aromatic carbocycles. The van der Waals surface area contributed by atoms with Crippen LogP contribution in [0, 0.1) is 34.6 Å². The van der Waals surface area contributed by atoms with Gasteiger partial charge in [0.15, 0.2) is 26.5 Å². The molecule has 0 N–H and O–H groups in total. The lowest BCUT2D eigenvalue weighted by Gasteiger charge is -2.36. The minimum absolute atomic E-state index is 0.359. The van der Waals surface area contributed by atoms with Gasteiger partial charge in [0.2, 0.25) is 0 Å². The van der Waals surface area contributed by atoms with Gasteiger partial charge in [-0.25, -0.2) is 9.13 Å². The fraction of sp³-hybridized carbons (Fsp3) is 0.357. The number of nitrogens with zero attached hydrogens (tertiary/aromatic N) is 10. The normalized spacial score (nSPS) is 10.7. The summed E-state index contributed by atoms with van der Waals surface area (Å²) in [5, 5.41) is 9.16. The van der Waals surface area contributed by atoms with Gasteiger partial charge in [-0.3, -0.25) is 0 Å². The van der Waals surface area contributed by atoms with Crippen LogP contribution in [-0.2, 0) is 28.2 Å². The summed E-state index contributed by atoms with van der Waals surface area (Å²) in [5.41, 5.74) is 23.3. The molecule has 9 heterocycles. The van der Waals surface area contributed by atoms with E-state index in [0.29, 0.717) is 6.17 Å². The van der Waals surface area contributed by atoms with Crippen molar-refractivity contribution in [2.24, 2.45) is 28.2 Å². The van der Waals surface area contributed by atoms with Crippen LogP contribution in [0.3, 0.4) is 0 Å². The molecule has 0 spiro atoms. The molecule has 10 heteroatoms. The molecule has 0 saturated carbocycles. The molecule has 0 aliphatic carbocycles. The van der Waals surface area contributed by atoms with E-state index >= 15 is 0 Å². The fourth-order valence-electron chi connectivity index (χ4n) is 14.3. The molecular weight excluding hydrogens is 1490 g/mol. The van der Waals surface area contributed by atoms with Gasteiger partial charge >= 0.3 is 0 Å². The van der Waals surface area contributed by atoms with Crippen LogP contribution in [0.25, 0.3) is 105 Å². The van der Waals surface area contributed by atoms with Crippen LogP contribution in [0.2, 0.25) is 0 Å². The van der Waals surface area contributed by atoms with E-state index in [2.05, 4.69) is 384 Å². The summed E-state index contributed by atoms with van der Waals surface area (Å²) in [7, 11) is 10.5. The van der Waals surface area contributed by atoms with Gasteiger partial charge in [-0.15, -0.1) is 18.6 Å². The number of benzene rings is 9. The van der Waals surface area contributed by atoms with Crippen LogP contribution < -0.4 is 23.4 Å². The van der Waals surface area contributed by atoms with Gasteiger partial charge in [0, 0.05) is 69.5 Å². The first-order valence-corrected chi connectivity index (χ1v) is 46.5. The highest BCUT2D eigenvalue weighted by molar-refractivity contribution is 6.13. The molecule has 2 aliphatic rings. The Labute approximate surface area is 742 Å². The number of fused-ring (bicyclic) bond motifs is 18. The Kier molecular flexibility index (Phi) is 55.3. The minimum atomic E-state index is 0.359. The van der Waals surface area contributed by atoms with E-state index in [1.165, 1.54) is 144 Å². The molecule has 0 bridgehead atoms. The largest absolute Gasteiger partial charge is 0.358 e. The summed E-state index contributed by atoms with van der Waals surface area (Å²) >= 11 is 0. The first-order chi connectivity index (χ1) is 59.8. The van der Waals surface area contributed by atoms with Crippen LogP contribution in [-0.4, -0.2) is 36.4 Å². The second-order valence-corrected chi connectivity index (χ2v) is 25.0. The van der Waals surface area contributed by atoms with E-state index in [9.17, 15) is 0 Å². The summed E-state index contributed by atoms with van der Waals surface area (Å²) in [6.45, 7) is 69.1. The lowest BCUT2D eigenvalue weighted by Crippen LogP contribution is -2.36. The number of hydrogen-bond donors (Lipinski definition) is 0. The van der Waals surface area contributed by atoms with Crippen LogP contribution in [0.5, 0.6) is 0 Å². The van der Waals surface area contributed by atoms with Crippen molar-refractivity contribution in [2.75, 3.05) is 11.9 Å². The highest BCUT2D eigenvalue weighted by Gasteiger charge is 2.36. The average molecular weight is 1650 g/mol. The van der Waals surface area contributed by atoms with Crippen LogP contribution in [0.15, 0.2) is 280 Å². The number of hydrogen-bond acceptors (Lipinski definition) is 2. The standard InChI is InChI=1S/2C19H17N2.C18H18N2.C17H15N2.C11H13N2.14C2H6/c1-14-8-3-5-11-17(14)21-18-12-6-4-9-15(18)16-10-7-13-20(2)19(16)21;1-14-8-7-10-16-15-9-3-4-11-17(15)21(19(14)16)18-12-5-6-13-20(18)2;1-12-7-6-10-16-14-8-4-5-9-15(14)17-11-19(3)13(2)20(17)18(12)16;1-12-6-5-9-15-13-7-3-4-8-14(13)16-10-11-18(2)19(16)17(12)15;1-10-6-3-4-7-11(10)13-9-5-8-12(13)2;14*1-2/h2*3-13H,1-2H3;4-11,13H,1-3H3;3-11H,1-2H3;3-9H,1-2H3;14*1-2H3/q2*+1;;2*+1;;;;;;;;;;;;;;/t;;13-;;;;;;;;;;;;;;;;/m..0................/s1. The van der Waals surface area contributed by atoms with E-state index in [1.54, 1.807) is 0 Å². The number of aryl methyl sites for hydroxylation is 9. The summed E-state index contributed by atoms with van der Waals surface area (Å²) < 4.78 is 17.7. The zero-order chi connectivity index (χ0) is 92.9. The van der Waals surface area contributed by atoms with E-state index in [1.807, 2.05) is 213 Å². The Morgan fingerprint density at radius 1 is 0.279 bits per heavy atom. The summed E-state index contributed by atoms with van der Waals surface area (Å²) in [4.78, 5) is 4.75. The molecule has 16 aromatic rings. The Balaban J connectivity index is 0.00000140. The zero-order valence-electron chi connectivity index (χ0n) is 83.6. The molecule has 0 unspecified atom stereocenters. The van der Waals surface area contributed by atoms with Crippen LogP contribution in [0.1, 0.15) is 234 Å². The fourth-order valence-corrected chi connectivity index (χ4v) is 14.3. The van der Waals surface area contributed by atoms with Gasteiger partial charge in [-0.1, -0.05) is 358 Å². The zero-order valence-corrected chi connectivity index (χ0v) is 83.6. The molecule has 0 saturated heterocycles. The van der Waals surface area contributed by atoms with Crippen LogP contribution >= 0.6 is 0 Å². The van der Waals surface area contributed by atoms with Crippen molar-refractivity contribution >= 4 is 82.3 Å². The average Bonchev–Trinajstić information content (AvgIpc) is 1.15. The van der Waals surface area contributed by atoms with Crippen molar-refractivity contribution in [3.8, 4) is 28.3 Å². The summed E-state index contributed by atoms with van der Waals surface area (Å²) in [5.74, 6) is 1.18. The van der Waals surface area contributed by atoms with Crippen molar-refractivity contribution in [1.82, 2.24) is 23.2 Å². The van der Waals surface area contributed by atoms with Gasteiger partial charge in [0.1, 0.15) is 45.1 Å². The monoisotopic (exact) mass is 1650 g/mol. The predicted octanol–water partition coefficient (Wildman–Crippen LogP) is 31.3. The Hall–Kier alpha value is -11.4. The minimum Gasteiger partial charge on any atom is -0.358 e. The topological polar surface area (TPSA) is 41.2 Å². The highest BCUT2D eigenvalue weighted by atomic mass is 15.4. The molecule has 2 aliphatic heterocycles. The Bertz CT molecular complexity index is 5420.